The first-order chi connectivity index (χ1) is 8.16. The summed E-state index contributed by atoms with van der Waals surface area (Å²) in [6, 6.07) is 0.574. The molecular formula is C13H23N3O. The third kappa shape index (κ3) is 3.30. The van der Waals surface area contributed by atoms with E-state index < -0.39 is 0 Å². The fraction of sp³-hybridized carbons (Fsp3) is 0.769. The van der Waals surface area contributed by atoms with Gasteiger partial charge in [0.25, 0.3) is 0 Å². The number of nitrogens with one attached hydrogen (secondary N) is 2. The first-order valence-corrected chi connectivity index (χ1v) is 6.50. The molecule has 17 heavy (non-hydrogen) atoms. The van der Waals surface area contributed by atoms with Crippen LogP contribution in [0, 0.1) is 12.8 Å². The molecule has 1 aromatic heterocycles. The predicted octanol–water partition coefficient (Wildman–Crippen LogP) is 2.01. The van der Waals surface area contributed by atoms with E-state index in [1.807, 2.05) is 6.20 Å². The van der Waals surface area contributed by atoms with Crippen LogP contribution >= 0.6 is 0 Å². The van der Waals surface area contributed by atoms with Gasteiger partial charge in [0.1, 0.15) is 0 Å². The smallest absolute Gasteiger partial charge is 0.0612 e. The van der Waals surface area contributed by atoms with Crippen molar-refractivity contribution in [1.29, 1.82) is 0 Å². The molecule has 2 N–H and O–H groups in total. The zero-order chi connectivity index (χ0) is 12.3. The van der Waals surface area contributed by atoms with Crippen molar-refractivity contribution in [3.05, 3.63) is 17.5 Å². The van der Waals surface area contributed by atoms with Crippen molar-refractivity contribution in [3.8, 4) is 0 Å². The Labute approximate surface area is 103 Å². The molecule has 4 heteroatoms. The zero-order valence-electron chi connectivity index (χ0n) is 11.0. The lowest BCUT2D eigenvalue weighted by Gasteiger charge is -2.32. The van der Waals surface area contributed by atoms with Crippen LogP contribution in [-0.4, -0.2) is 29.0 Å². The van der Waals surface area contributed by atoms with E-state index in [4.69, 9.17) is 4.74 Å². The summed E-state index contributed by atoms with van der Waals surface area (Å²) < 4.78 is 5.77. The summed E-state index contributed by atoms with van der Waals surface area (Å²) in [5.74, 6) is 0.607. The first-order valence-electron chi connectivity index (χ1n) is 6.50. The van der Waals surface area contributed by atoms with Crippen LogP contribution in [0.1, 0.15) is 37.9 Å². The molecule has 0 aliphatic carbocycles. The highest BCUT2D eigenvalue weighted by atomic mass is 16.5. The minimum absolute atomic E-state index is 0.409. The lowest BCUT2D eigenvalue weighted by atomic mass is 9.95. The molecule has 0 saturated carbocycles. The van der Waals surface area contributed by atoms with Gasteiger partial charge in [-0.2, -0.15) is 5.10 Å². The fourth-order valence-electron chi connectivity index (χ4n) is 2.29. The Balaban J connectivity index is 1.81. The largest absolute Gasteiger partial charge is 0.378 e. The second-order valence-corrected chi connectivity index (χ2v) is 5.28. The van der Waals surface area contributed by atoms with Crippen LogP contribution < -0.4 is 5.32 Å². The zero-order valence-corrected chi connectivity index (χ0v) is 11.0. The molecule has 0 amide bonds. The Morgan fingerprint density at radius 3 is 3.06 bits per heavy atom. The van der Waals surface area contributed by atoms with Gasteiger partial charge in [-0.15, -0.1) is 0 Å². The molecule has 1 aliphatic rings. The van der Waals surface area contributed by atoms with Gasteiger partial charge >= 0.3 is 0 Å². The molecule has 96 valence electrons. The molecule has 1 aromatic rings. The molecule has 2 rings (SSSR count). The van der Waals surface area contributed by atoms with E-state index in [-0.39, 0.29) is 0 Å². The highest BCUT2D eigenvalue weighted by Crippen LogP contribution is 2.20. The Morgan fingerprint density at radius 1 is 1.59 bits per heavy atom. The minimum Gasteiger partial charge on any atom is -0.378 e. The van der Waals surface area contributed by atoms with Gasteiger partial charge in [-0.3, -0.25) is 5.10 Å². The summed E-state index contributed by atoms with van der Waals surface area (Å²) in [7, 11) is 0. The summed E-state index contributed by atoms with van der Waals surface area (Å²) in [5.41, 5.74) is 2.42. The van der Waals surface area contributed by atoms with Crippen LogP contribution in [0.15, 0.2) is 6.20 Å². The van der Waals surface area contributed by atoms with Gasteiger partial charge in [0.2, 0.25) is 0 Å². The quantitative estimate of drug-likeness (QED) is 0.842. The van der Waals surface area contributed by atoms with Crippen LogP contribution in [0.2, 0.25) is 0 Å². The van der Waals surface area contributed by atoms with Crippen molar-refractivity contribution < 1.29 is 4.74 Å². The van der Waals surface area contributed by atoms with Crippen molar-refractivity contribution in [2.75, 3.05) is 6.61 Å². The van der Waals surface area contributed by atoms with Gasteiger partial charge in [0.15, 0.2) is 0 Å². The second kappa shape index (κ2) is 5.65. The van der Waals surface area contributed by atoms with Crippen molar-refractivity contribution in [2.45, 2.75) is 52.3 Å². The molecular weight excluding hydrogens is 214 g/mol. The monoisotopic (exact) mass is 237 g/mol. The normalized spacial score (nSPS) is 25.4. The molecule has 1 saturated heterocycles. The van der Waals surface area contributed by atoms with Gasteiger partial charge in [-0.05, 0) is 25.7 Å². The second-order valence-electron chi connectivity index (χ2n) is 5.28. The molecule has 2 unspecified atom stereocenters. The third-order valence-electron chi connectivity index (χ3n) is 3.57. The number of aromatic amines is 1. The highest BCUT2D eigenvalue weighted by molar-refractivity contribution is 5.13. The van der Waals surface area contributed by atoms with Crippen molar-refractivity contribution in [3.63, 3.8) is 0 Å². The highest BCUT2D eigenvalue weighted by Gasteiger charge is 2.24. The molecule has 4 nitrogen and oxygen atoms in total. The van der Waals surface area contributed by atoms with E-state index >= 15 is 0 Å². The molecule has 1 fully saturated rings. The van der Waals surface area contributed by atoms with Crippen LogP contribution in [-0.2, 0) is 11.3 Å². The van der Waals surface area contributed by atoms with Crippen LogP contribution in [0.5, 0.6) is 0 Å². The summed E-state index contributed by atoms with van der Waals surface area (Å²) in [5, 5.41) is 10.6. The number of rotatable bonds is 4. The Morgan fingerprint density at radius 2 is 2.41 bits per heavy atom. The lowest BCUT2D eigenvalue weighted by Crippen LogP contribution is -2.40. The Hall–Kier alpha value is -0.870. The number of H-pyrrole nitrogens is 1. The van der Waals surface area contributed by atoms with Crippen molar-refractivity contribution in [1.82, 2.24) is 15.5 Å². The van der Waals surface area contributed by atoms with E-state index in [1.165, 1.54) is 5.56 Å². The third-order valence-corrected chi connectivity index (χ3v) is 3.57. The SMILES string of the molecule is Cc1[nH]ncc1CNC1CCOC(C(C)C)C1. The molecule has 2 heterocycles. The van der Waals surface area contributed by atoms with Gasteiger partial charge < -0.3 is 10.1 Å². The topological polar surface area (TPSA) is 49.9 Å². The van der Waals surface area contributed by atoms with Gasteiger partial charge in [0, 0.05) is 30.5 Å². The van der Waals surface area contributed by atoms with E-state index in [0.29, 0.717) is 18.1 Å². The van der Waals surface area contributed by atoms with Crippen molar-refractivity contribution in [2.24, 2.45) is 5.92 Å². The average molecular weight is 237 g/mol. The summed E-state index contributed by atoms with van der Waals surface area (Å²) in [6.45, 7) is 8.30. The fourth-order valence-corrected chi connectivity index (χ4v) is 2.29. The average Bonchev–Trinajstić information content (AvgIpc) is 2.72. The Bertz CT molecular complexity index is 348. The van der Waals surface area contributed by atoms with E-state index in [2.05, 4.69) is 36.3 Å². The first kappa shape index (κ1) is 12.6. The number of nitrogens with zero attached hydrogens (tertiary/aromatic N) is 1. The maximum absolute atomic E-state index is 5.77. The summed E-state index contributed by atoms with van der Waals surface area (Å²) in [6.07, 6.45) is 4.54. The number of ether oxygens (including phenoxy) is 1. The van der Waals surface area contributed by atoms with E-state index in [1.54, 1.807) is 0 Å². The van der Waals surface area contributed by atoms with Crippen LogP contribution in [0.25, 0.3) is 0 Å². The Kier molecular flexibility index (Phi) is 4.18. The van der Waals surface area contributed by atoms with E-state index in [9.17, 15) is 0 Å². The molecule has 1 aliphatic heterocycles. The minimum atomic E-state index is 0.409. The number of aryl methyl sites for hydroxylation is 1. The molecule has 2 atom stereocenters. The molecule has 0 aromatic carbocycles. The standard InChI is InChI=1S/C13H23N3O/c1-9(2)13-6-12(4-5-17-13)14-7-11-8-15-16-10(11)3/h8-9,12-14H,4-7H2,1-3H3,(H,15,16). The maximum atomic E-state index is 5.77. The van der Waals surface area contributed by atoms with Gasteiger partial charge in [0.05, 0.1) is 12.3 Å². The summed E-state index contributed by atoms with van der Waals surface area (Å²) in [4.78, 5) is 0. The molecule has 0 bridgehead atoms. The van der Waals surface area contributed by atoms with Crippen LogP contribution in [0.4, 0.5) is 0 Å². The lowest BCUT2D eigenvalue weighted by molar-refractivity contribution is -0.0245. The van der Waals surface area contributed by atoms with Gasteiger partial charge in [-0.1, -0.05) is 13.8 Å². The van der Waals surface area contributed by atoms with Crippen molar-refractivity contribution >= 4 is 0 Å². The number of aromatic nitrogens is 2. The molecule has 0 spiro atoms. The molecule has 0 radical (unpaired) electrons. The number of hydrogen-bond donors (Lipinski definition) is 2. The predicted molar refractivity (Wildman–Crippen MR) is 67.8 cm³/mol. The maximum Gasteiger partial charge on any atom is 0.0612 e. The summed E-state index contributed by atoms with van der Waals surface area (Å²) >= 11 is 0. The van der Waals surface area contributed by atoms with E-state index in [0.717, 1.165) is 31.7 Å². The van der Waals surface area contributed by atoms with Crippen LogP contribution in [0.3, 0.4) is 0 Å². The number of hydrogen-bond acceptors (Lipinski definition) is 3. The van der Waals surface area contributed by atoms with Gasteiger partial charge in [-0.25, -0.2) is 0 Å².